The molecular formula is C24H19ClN2O5. The normalized spacial score (nSPS) is 16.7. The van der Waals surface area contributed by atoms with Gasteiger partial charge in [0, 0.05) is 24.2 Å². The molecule has 0 aromatic heterocycles. The molecule has 0 radical (unpaired) electrons. The highest BCUT2D eigenvalue weighted by Crippen LogP contribution is 2.37. The van der Waals surface area contributed by atoms with Crippen LogP contribution in [0.15, 0.2) is 47.1 Å². The van der Waals surface area contributed by atoms with Crippen LogP contribution in [-0.2, 0) is 14.3 Å². The van der Waals surface area contributed by atoms with Crippen LogP contribution in [0.4, 0.5) is 5.69 Å². The van der Waals surface area contributed by atoms with Gasteiger partial charge >= 0.3 is 5.97 Å². The fourth-order valence-corrected chi connectivity index (χ4v) is 3.75. The summed E-state index contributed by atoms with van der Waals surface area (Å²) in [6.45, 7) is 0.751. The number of amides is 1. The molecule has 1 amide bonds. The fraction of sp³-hybridized carbons (Fsp3) is 0.208. The second-order valence-corrected chi connectivity index (χ2v) is 7.47. The molecule has 0 bridgehead atoms. The molecule has 162 valence electrons. The van der Waals surface area contributed by atoms with Crippen molar-refractivity contribution in [3.8, 4) is 23.8 Å². The summed E-state index contributed by atoms with van der Waals surface area (Å²) in [5, 5.41) is 0.286. The molecule has 2 aromatic carbocycles. The van der Waals surface area contributed by atoms with Crippen molar-refractivity contribution in [2.45, 2.75) is 12.8 Å². The zero-order valence-electron chi connectivity index (χ0n) is 17.3. The minimum absolute atomic E-state index is 0.0429. The molecule has 32 heavy (non-hydrogen) atoms. The molecule has 1 fully saturated rings. The lowest BCUT2D eigenvalue weighted by atomic mass is 10.1. The van der Waals surface area contributed by atoms with Crippen molar-refractivity contribution in [3.63, 3.8) is 0 Å². The van der Waals surface area contributed by atoms with E-state index in [0.717, 1.165) is 12.1 Å². The van der Waals surface area contributed by atoms with E-state index in [1.165, 1.54) is 7.11 Å². The fourth-order valence-electron chi connectivity index (χ4n) is 3.47. The zero-order chi connectivity index (χ0) is 22.7. The van der Waals surface area contributed by atoms with E-state index in [9.17, 15) is 9.59 Å². The van der Waals surface area contributed by atoms with E-state index in [4.69, 9.17) is 32.2 Å². The van der Waals surface area contributed by atoms with Crippen molar-refractivity contribution in [2.75, 3.05) is 25.2 Å². The van der Waals surface area contributed by atoms with E-state index < -0.39 is 5.97 Å². The molecule has 4 rings (SSSR count). The van der Waals surface area contributed by atoms with Gasteiger partial charge < -0.3 is 19.1 Å². The van der Waals surface area contributed by atoms with Crippen LogP contribution in [0.2, 0.25) is 5.02 Å². The number of esters is 1. The number of benzene rings is 2. The van der Waals surface area contributed by atoms with Gasteiger partial charge in [-0.3, -0.25) is 4.79 Å². The number of halogens is 1. The van der Waals surface area contributed by atoms with Gasteiger partial charge in [0.2, 0.25) is 11.8 Å². The maximum atomic E-state index is 12.4. The predicted octanol–water partition coefficient (Wildman–Crippen LogP) is 3.83. The second kappa shape index (κ2) is 9.16. The van der Waals surface area contributed by atoms with Crippen molar-refractivity contribution in [3.05, 3.63) is 58.2 Å². The standard InChI is InChI=1S/C24H19ClN2O5/c1-3-11-31-22-18(25)12-15(14-20(22)30-2)13-19-24(29)32-23(26-19)16-6-8-17(9-7-16)27-10-4-5-21(27)28/h1,6-9,12-14H,4-5,10-11H2,2H3. The average Bonchev–Trinajstić information content (AvgIpc) is 3.38. The first kappa shape index (κ1) is 21.5. The number of terminal acetylenes is 1. The molecule has 2 aliphatic rings. The summed E-state index contributed by atoms with van der Waals surface area (Å²) in [5.74, 6) is 2.78. The van der Waals surface area contributed by atoms with Gasteiger partial charge in [-0.05, 0) is 54.5 Å². The Bertz CT molecular complexity index is 1180. The molecule has 8 heteroatoms. The monoisotopic (exact) mass is 450 g/mol. The lowest BCUT2D eigenvalue weighted by molar-refractivity contribution is -0.130. The molecule has 1 saturated heterocycles. The predicted molar refractivity (Wildman–Crippen MR) is 121 cm³/mol. The van der Waals surface area contributed by atoms with E-state index in [1.54, 1.807) is 35.2 Å². The Morgan fingerprint density at radius 2 is 2.06 bits per heavy atom. The number of rotatable bonds is 6. The zero-order valence-corrected chi connectivity index (χ0v) is 18.0. The number of ether oxygens (including phenoxy) is 3. The van der Waals surface area contributed by atoms with Gasteiger partial charge in [0.1, 0.15) is 6.61 Å². The summed E-state index contributed by atoms with van der Waals surface area (Å²) in [6, 6.07) is 10.5. The summed E-state index contributed by atoms with van der Waals surface area (Å²) in [7, 11) is 1.48. The summed E-state index contributed by atoms with van der Waals surface area (Å²) in [5.41, 5.74) is 2.14. The van der Waals surface area contributed by atoms with Crippen molar-refractivity contribution in [2.24, 2.45) is 4.99 Å². The summed E-state index contributed by atoms with van der Waals surface area (Å²) < 4.78 is 16.1. The lowest BCUT2D eigenvalue weighted by Gasteiger charge is -2.15. The third kappa shape index (κ3) is 4.32. The molecule has 2 aliphatic heterocycles. The first-order valence-electron chi connectivity index (χ1n) is 9.87. The number of anilines is 1. The molecular weight excluding hydrogens is 432 g/mol. The van der Waals surface area contributed by atoms with Crippen molar-refractivity contribution in [1.29, 1.82) is 0 Å². The van der Waals surface area contributed by atoms with Crippen molar-refractivity contribution < 1.29 is 23.8 Å². The Morgan fingerprint density at radius 3 is 2.72 bits per heavy atom. The van der Waals surface area contributed by atoms with Crippen LogP contribution in [0.25, 0.3) is 6.08 Å². The molecule has 0 aliphatic carbocycles. The molecule has 7 nitrogen and oxygen atoms in total. The van der Waals surface area contributed by atoms with E-state index >= 15 is 0 Å². The van der Waals surface area contributed by atoms with Gasteiger partial charge in [-0.2, -0.15) is 0 Å². The second-order valence-electron chi connectivity index (χ2n) is 7.06. The number of nitrogens with zero attached hydrogens (tertiary/aromatic N) is 2. The largest absolute Gasteiger partial charge is 0.493 e. The molecule has 0 N–H and O–H groups in total. The van der Waals surface area contributed by atoms with Crippen LogP contribution < -0.4 is 14.4 Å². The summed E-state index contributed by atoms with van der Waals surface area (Å²) >= 11 is 6.29. The van der Waals surface area contributed by atoms with Crippen LogP contribution in [0, 0.1) is 12.3 Å². The van der Waals surface area contributed by atoms with Gasteiger partial charge in [-0.15, -0.1) is 6.42 Å². The Morgan fingerprint density at radius 1 is 1.28 bits per heavy atom. The number of hydrogen-bond acceptors (Lipinski definition) is 6. The Kier molecular flexibility index (Phi) is 6.15. The highest BCUT2D eigenvalue weighted by atomic mass is 35.5. The molecule has 0 saturated carbocycles. The number of hydrogen-bond donors (Lipinski definition) is 0. The Balaban J connectivity index is 1.58. The minimum atomic E-state index is -0.582. The van der Waals surface area contributed by atoms with Gasteiger partial charge in [0.05, 0.1) is 12.1 Å². The Labute approximate surface area is 190 Å². The van der Waals surface area contributed by atoms with Gasteiger partial charge in [-0.1, -0.05) is 17.5 Å². The van der Waals surface area contributed by atoms with Crippen LogP contribution in [-0.4, -0.2) is 38.0 Å². The number of methoxy groups -OCH3 is 1. The highest BCUT2D eigenvalue weighted by Gasteiger charge is 2.26. The van der Waals surface area contributed by atoms with E-state index in [1.807, 2.05) is 12.1 Å². The van der Waals surface area contributed by atoms with E-state index in [-0.39, 0.29) is 29.1 Å². The minimum Gasteiger partial charge on any atom is -0.493 e. The van der Waals surface area contributed by atoms with E-state index in [2.05, 4.69) is 10.9 Å². The highest BCUT2D eigenvalue weighted by molar-refractivity contribution is 6.32. The van der Waals surface area contributed by atoms with Crippen molar-refractivity contribution >= 4 is 41.1 Å². The van der Waals surface area contributed by atoms with Gasteiger partial charge in [-0.25, -0.2) is 9.79 Å². The Hall–Kier alpha value is -3.76. The topological polar surface area (TPSA) is 77.4 Å². The van der Waals surface area contributed by atoms with Crippen LogP contribution >= 0.6 is 11.6 Å². The van der Waals surface area contributed by atoms with Crippen LogP contribution in [0.3, 0.4) is 0 Å². The maximum absolute atomic E-state index is 12.4. The summed E-state index contributed by atoms with van der Waals surface area (Å²) in [6.07, 6.45) is 8.19. The molecule has 2 heterocycles. The first-order chi connectivity index (χ1) is 15.5. The van der Waals surface area contributed by atoms with Crippen LogP contribution in [0.1, 0.15) is 24.0 Å². The smallest absolute Gasteiger partial charge is 0.363 e. The van der Waals surface area contributed by atoms with Gasteiger partial charge in [0.15, 0.2) is 17.2 Å². The molecule has 2 aromatic rings. The third-order valence-electron chi connectivity index (χ3n) is 4.97. The quantitative estimate of drug-likeness (QED) is 0.380. The number of aliphatic imine (C=N–C) groups is 1. The molecule has 0 spiro atoms. The molecule has 0 unspecified atom stereocenters. The average molecular weight is 451 g/mol. The molecule has 0 atom stereocenters. The summed E-state index contributed by atoms with van der Waals surface area (Å²) in [4.78, 5) is 30.3. The van der Waals surface area contributed by atoms with Crippen molar-refractivity contribution in [1.82, 2.24) is 0 Å². The van der Waals surface area contributed by atoms with Gasteiger partial charge in [0.25, 0.3) is 0 Å². The number of carbonyl (C=O) groups excluding carboxylic acids is 2. The third-order valence-corrected chi connectivity index (χ3v) is 5.26. The number of carbonyl (C=O) groups is 2. The first-order valence-corrected chi connectivity index (χ1v) is 10.2. The maximum Gasteiger partial charge on any atom is 0.363 e. The number of cyclic esters (lactones) is 1. The SMILES string of the molecule is C#CCOc1c(Cl)cc(C=C2N=C(c3ccc(N4CCCC4=O)cc3)OC2=O)cc1OC. The lowest BCUT2D eigenvalue weighted by Crippen LogP contribution is -2.23. The van der Waals surface area contributed by atoms with E-state index in [0.29, 0.717) is 35.6 Å². The van der Waals surface area contributed by atoms with Crippen LogP contribution in [0.5, 0.6) is 11.5 Å².